The Morgan fingerprint density at radius 2 is 1.95 bits per heavy atom. The summed E-state index contributed by atoms with van der Waals surface area (Å²) in [6, 6.07) is 14.1. The van der Waals surface area contributed by atoms with Gasteiger partial charge in [-0.1, -0.05) is 12.1 Å². The average molecular weight is 503 g/mol. The predicted octanol–water partition coefficient (Wildman–Crippen LogP) is 4.80. The lowest BCUT2D eigenvalue weighted by Gasteiger charge is -2.30. The molecule has 8 nitrogen and oxygen atoms in total. The van der Waals surface area contributed by atoms with Gasteiger partial charge in [0.2, 0.25) is 0 Å². The molecule has 2 aliphatic rings. The van der Waals surface area contributed by atoms with Crippen molar-refractivity contribution in [3.63, 3.8) is 0 Å². The normalized spacial score (nSPS) is 19.1. The van der Waals surface area contributed by atoms with Gasteiger partial charge in [0.15, 0.2) is 5.65 Å². The molecule has 7 rings (SSSR count). The fraction of sp³-hybridized carbons (Fsp3) is 0.267. The van der Waals surface area contributed by atoms with Gasteiger partial charge in [-0.25, -0.2) is 9.50 Å². The number of aryl methyl sites for hydroxylation is 2. The molecule has 38 heavy (non-hydrogen) atoms. The largest absolute Gasteiger partial charge is 0.366 e. The molecule has 0 amide bonds. The van der Waals surface area contributed by atoms with E-state index >= 15 is 0 Å². The number of fused-ring (bicyclic) bond motifs is 3. The number of allylic oxidation sites excluding steroid dienone is 1. The summed E-state index contributed by atoms with van der Waals surface area (Å²) < 4.78 is 1.99. The van der Waals surface area contributed by atoms with Crippen molar-refractivity contribution in [2.24, 2.45) is 0 Å². The van der Waals surface area contributed by atoms with E-state index in [4.69, 9.17) is 10.1 Å². The molecule has 0 spiro atoms. The highest BCUT2D eigenvalue weighted by Crippen LogP contribution is 2.38. The lowest BCUT2D eigenvalue weighted by molar-refractivity contribution is 0.580. The van der Waals surface area contributed by atoms with Gasteiger partial charge in [0, 0.05) is 71.8 Å². The molecule has 6 heterocycles. The van der Waals surface area contributed by atoms with Crippen molar-refractivity contribution in [2.75, 3.05) is 18.0 Å². The number of nitrogens with one attached hydrogen (secondary N) is 2. The fourth-order valence-corrected chi connectivity index (χ4v) is 6.16. The van der Waals surface area contributed by atoms with Crippen LogP contribution in [0.25, 0.3) is 33.7 Å². The summed E-state index contributed by atoms with van der Waals surface area (Å²) in [7, 11) is 0. The van der Waals surface area contributed by atoms with Crippen molar-refractivity contribution in [3.05, 3.63) is 89.6 Å². The first-order chi connectivity index (χ1) is 18.6. The number of anilines is 1. The van der Waals surface area contributed by atoms with Crippen molar-refractivity contribution in [3.8, 4) is 22.5 Å². The number of pyridine rings is 1. The van der Waals surface area contributed by atoms with Gasteiger partial charge in [-0.05, 0) is 68.7 Å². The van der Waals surface area contributed by atoms with Crippen LogP contribution in [-0.2, 0) is 0 Å². The lowest BCUT2D eigenvalue weighted by atomic mass is 9.96. The van der Waals surface area contributed by atoms with Gasteiger partial charge < -0.3 is 10.2 Å². The first kappa shape index (κ1) is 22.9. The summed E-state index contributed by atoms with van der Waals surface area (Å²) >= 11 is 0. The van der Waals surface area contributed by atoms with E-state index in [9.17, 15) is 0 Å². The summed E-state index contributed by atoms with van der Waals surface area (Å²) in [6.45, 7) is 8.44. The summed E-state index contributed by atoms with van der Waals surface area (Å²) in [5, 5.41) is 16.1. The van der Waals surface area contributed by atoms with Crippen LogP contribution in [-0.4, -0.2) is 55.0 Å². The van der Waals surface area contributed by atoms with Crippen molar-refractivity contribution in [1.82, 2.24) is 35.1 Å². The Hall–Kier alpha value is -4.30. The zero-order valence-corrected chi connectivity index (χ0v) is 21.8. The van der Waals surface area contributed by atoms with Crippen LogP contribution < -0.4 is 10.2 Å². The number of H-pyrrole nitrogens is 1. The number of hydrogen-bond acceptors (Lipinski definition) is 6. The molecule has 2 fully saturated rings. The second-order valence-corrected chi connectivity index (χ2v) is 10.3. The Morgan fingerprint density at radius 3 is 2.63 bits per heavy atom. The zero-order chi connectivity index (χ0) is 25.8. The van der Waals surface area contributed by atoms with E-state index in [1.165, 1.54) is 17.7 Å². The van der Waals surface area contributed by atoms with E-state index in [0.29, 0.717) is 12.1 Å². The SMILES string of the molecule is C/C=C(\c1cn[nH]c1C)c1c(-c2ccncc2)nn2c(-c3ccc(N4C[C@@H]5C[C@H]4CN5)cc3C)ccnc12. The van der Waals surface area contributed by atoms with E-state index in [1.54, 1.807) is 12.4 Å². The lowest BCUT2D eigenvalue weighted by Crippen LogP contribution is -2.43. The second kappa shape index (κ2) is 8.92. The topological polar surface area (TPSA) is 87.0 Å². The molecule has 0 aliphatic carbocycles. The number of benzene rings is 1. The maximum Gasteiger partial charge on any atom is 0.164 e. The molecule has 2 aliphatic heterocycles. The molecule has 2 atom stereocenters. The molecule has 0 radical (unpaired) electrons. The fourth-order valence-electron chi connectivity index (χ4n) is 6.16. The van der Waals surface area contributed by atoms with Gasteiger partial charge in [0.05, 0.1) is 17.5 Å². The van der Waals surface area contributed by atoms with Gasteiger partial charge in [-0.15, -0.1) is 0 Å². The highest BCUT2D eigenvalue weighted by Gasteiger charge is 2.37. The molecule has 2 N–H and O–H groups in total. The van der Waals surface area contributed by atoms with E-state index < -0.39 is 0 Å². The number of nitrogens with zero attached hydrogens (tertiary/aromatic N) is 6. The molecule has 8 heteroatoms. The molecule has 2 saturated heterocycles. The first-order valence-electron chi connectivity index (χ1n) is 13.2. The number of piperazine rings is 1. The third kappa shape index (κ3) is 3.55. The second-order valence-electron chi connectivity index (χ2n) is 10.3. The van der Waals surface area contributed by atoms with Crippen LogP contribution in [0.3, 0.4) is 0 Å². The Balaban J connectivity index is 1.40. The first-order valence-corrected chi connectivity index (χ1v) is 13.2. The summed E-state index contributed by atoms with van der Waals surface area (Å²) in [4.78, 5) is 11.6. The van der Waals surface area contributed by atoms with Crippen molar-refractivity contribution < 1.29 is 0 Å². The summed E-state index contributed by atoms with van der Waals surface area (Å²) in [6.07, 6.45) is 10.7. The van der Waals surface area contributed by atoms with Crippen LogP contribution in [0.4, 0.5) is 5.69 Å². The van der Waals surface area contributed by atoms with Crippen LogP contribution in [0, 0.1) is 13.8 Å². The molecule has 1 aromatic carbocycles. The molecular weight excluding hydrogens is 472 g/mol. The van der Waals surface area contributed by atoms with Crippen molar-refractivity contribution in [1.29, 1.82) is 0 Å². The molecule has 2 bridgehead atoms. The van der Waals surface area contributed by atoms with Gasteiger partial charge in [-0.3, -0.25) is 10.1 Å². The number of aromatic amines is 1. The third-order valence-corrected chi connectivity index (χ3v) is 8.02. The average Bonchev–Trinajstić information content (AvgIpc) is 3.74. The van der Waals surface area contributed by atoms with Crippen LogP contribution in [0.15, 0.2) is 67.3 Å². The quantitative estimate of drug-likeness (QED) is 0.359. The maximum atomic E-state index is 5.18. The number of rotatable bonds is 5. The van der Waals surface area contributed by atoms with Gasteiger partial charge in [-0.2, -0.15) is 10.2 Å². The predicted molar refractivity (Wildman–Crippen MR) is 150 cm³/mol. The Bertz CT molecular complexity index is 1680. The Kier molecular flexibility index (Phi) is 5.37. The van der Waals surface area contributed by atoms with Gasteiger partial charge in [0.25, 0.3) is 0 Å². The summed E-state index contributed by atoms with van der Waals surface area (Å²) in [5.74, 6) is 0. The highest BCUT2D eigenvalue weighted by atomic mass is 15.3. The molecule has 5 aromatic rings. The third-order valence-electron chi connectivity index (χ3n) is 8.02. The van der Waals surface area contributed by atoms with Gasteiger partial charge >= 0.3 is 0 Å². The van der Waals surface area contributed by atoms with Crippen LogP contribution in [0.5, 0.6) is 0 Å². The van der Waals surface area contributed by atoms with E-state index in [2.05, 4.69) is 69.6 Å². The van der Waals surface area contributed by atoms with E-state index in [-0.39, 0.29) is 0 Å². The van der Waals surface area contributed by atoms with Crippen molar-refractivity contribution in [2.45, 2.75) is 39.3 Å². The minimum absolute atomic E-state index is 0.597. The number of aromatic nitrogens is 6. The Labute approximate surface area is 221 Å². The minimum Gasteiger partial charge on any atom is -0.366 e. The van der Waals surface area contributed by atoms with Gasteiger partial charge in [0.1, 0.15) is 5.69 Å². The Morgan fingerprint density at radius 1 is 1.08 bits per heavy atom. The molecule has 0 unspecified atom stereocenters. The highest BCUT2D eigenvalue weighted by molar-refractivity contribution is 5.94. The molecular formula is C30H30N8. The molecule has 190 valence electrons. The number of hydrogen-bond donors (Lipinski definition) is 2. The molecule has 0 saturated carbocycles. The van der Waals surface area contributed by atoms with Crippen LogP contribution in [0.1, 0.15) is 35.7 Å². The zero-order valence-electron chi connectivity index (χ0n) is 21.8. The van der Waals surface area contributed by atoms with Crippen LogP contribution >= 0.6 is 0 Å². The van der Waals surface area contributed by atoms with E-state index in [1.807, 2.05) is 36.0 Å². The summed E-state index contributed by atoms with van der Waals surface area (Å²) in [5.41, 5.74) is 11.5. The van der Waals surface area contributed by atoms with Crippen molar-refractivity contribution >= 4 is 16.9 Å². The maximum absolute atomic E-state index is 5.18. The minimum atomic E-state index is 0.597. The smallest absolute Gasteiger partial charge is 0.164 e. The molecule has 4 aromatic heterocycles. The van der Waals surface area contributed by atoms with E-state index in [0.717, 1.165) is 63.6 Å². The standard InChI is InChI=1S/C30H30N8/c1-4-24(26-16-34-35-19(26)3)28-29(20-7-10-31-11-8-20)36-38-27(9-12-32-30(28)38)25-6-5-22(13-18(25)2)37-17-21-14-23(37)15-33-21/h4-13,16,21,23,33H,14-15,17H2,1-3H3,(H,34,35)/b24-4+/t21-,23-/m0/s1. The monoisotopic (exact) mass is 502 g/mol. The van der Waals surface area contributed by atoms with Crippen LogP contribution in [0.2, 0.25) is 0 Å².